The van der Waals surface area contributed by atoms with Crippen molar-refractivity contribution in [3.05, 3.63) is 42.0 Å². The first-order valence-corrected chi connectivity index (χ1v) is 6.91. The van der Waals surface area contributed by atoms with E-state index in [4.69, 9.17) is 4.74 Å². The van der Waals surface area contributed by atoms with Crippen LogP contribution in [0.2, 0.25) is 0 Å². The molecule has 0 radical (unpaired) electrons. The number of benzene rings is 1. The quantitative estimate of drug-likeness (QED) is 0.880. The van der Waals surface area contributed by atoms with Crippen molar-refractivity contribution in [1.82, 2.24) is 14.8 Å². The smallest absolute Gasteiger partial charge is 0.165 e. The van der Waals surface area contributed by atoms with Crippen LogP contribution in [0.4, 0.5) is 0 Å². The number of nitrogens with zero attached hydrogens (tertiary/aromatic N) is 3. The van der Waals surface area contributed by atoms with Crippen molar-refractivity contribution in [1.29, 1.82) is 0 Å². The maximum atomic E-state index is 9.74. The molecule has 1 aromatic carbocycles. The van der Waals surface area contributed by atoms with Crippen molar-refractivity contribution >= 4 is 0 Å². The van der Waals surface area contributed by atoms with Crippen molar-refractivity contribution in [3.63, 3.8) is 0 Å². The number of aromatic nitrogens is 3. The first-order chi connectivity index (χ1) is 9.61. The van der Waals surface area contributed by atoms with Gasteiger partial charge in [0.1, 0.15) is 18.7 Å². The Hall–Kier alpha value is -1.88. The summed E-state index contributed by atoms with van der Waals surface area (Å²) < 4.78 is 7.55. The lowest BCUT2D eigenvalue weighted by Gasteiger charge is -2.12. The summed E-state index contributed by atoms with van der Waals surface area (Å²) in [5.74, 6) is 1.56. The van der Waals surface area contributed by atoms with E-state index in [0.29, 0.717) is 13.0 Å². The predicted molar refractivity (Wildman–Crippen MR) is 76.4 cm³/mol. The maximum Gasteiger partial charge on any atom is 0.165 e. The van der Waals surface area contributed by atoms with Gasteiger partial charge in [-0.2, -0.15) is 5.10 Å². The van der Waals surface area contributed by atoms with Crippen LogP contribution in [0, 0.1) is 0 Å². The molecule has 1 heterocycles. The first kappa shape index (κ1) is 14.5. The molecule has 0 bridgehead atoms. The van der Waals surface area contributed by atoms with E-state index in [0.717, 1.165) is 17.1 Å². The molecule has 20 heavy (non-hydrogen) atoms. The number of ether oxygens (including phenoxy) is 1. The van der Waals surface area contributed by atoms with Crippen LogP contribution in [0.3, 0.4) is 0 Å². The average Bonchev–Trinajstić information content (AvgIpc) is 2.93. The van der Waals surface area contributed by atoms with Crippen LogP contribution in [0.15, 0.2) is 30.6 Å². The second-order valence-electron chi connectivity index (χ2n) is 5.00. The molecule has 0 saturated heterocycles. The lowest BCUT2D eigenvalue weighted by molar-refractivity contribution is 0.173. The zero-order chi connectivity index (χ0) is 14.5. The second kappa shape index (κ2) is 6.52. The molecule has 1 N–H and O–H groups in total. The van der Waals surface area contributed by atoms with Gasteiger partial charge in [-0.05, 0) is 38.0 Å². The highest BCUT2D eigenvalue weighted by Crippen LogP contribution is 2.20. The summed E-state index contributed by atoms with van der Waals surface area (Å²) in [6.07, 6.45) is 1.84. The fourth-order valence-electron chi connectivity index (χ4n) is 1.98. The van der Waals surface area contributed by atoms with Gasteiger partial charge >= 0.3 is 0 Å². The number of hydrogen-bond donors (Lipinski definition) is 1. The molecule has 0 aliphatic rings. The normalized spacial score (nSPS) is 12.7. The Balaban J connectivity index is 1.99. The van der Waals surface area contributed by atoms with Crippen LogP contribution in [-0.2, 0) is 6.61 Å². The molecule has 0 fully saturated rings. The number of hydrogen-bond acceptors (Lipinski definition) is 4. The molecule has 1 aromatic heterocycles. The third-order valence-electron chi connectivity index (χ3n) is 3.16. The van der Waals surface area contributed by atoms with Crippen LogP contribution in [0.1, 0.15) is 50.7 Å². The molecule has 2 rings (SSSR count). The average molecular weight is 275 g/mol. The van der Waals surface area contributed by atoms with Crippen molar-refractivity contribution < 1.29 is 9.84 Å². The van der Waals surface area contributed by atoms with Crippen LogP contribution < -0.4 is 4.74 Å². The summed E-state index contributed by atoms with van der Waals surface area (Å²) in [5, 5.41) is 13.9. The fraction of sp³-hybridized carbons (Fsp3) is 0.467. The summed E-state index contributed by atoms with van der Waals surface area (Å²) >= 11 is 0. The summed E-state index contributed by atoms with van der Waals surface area (Å²) in [6, 6.07) is 7.76. The van der Waals surface area contributed by atoms with Gasteiger partial charge in [-0.25, -0.2) is 9.67 Å². The van der Waals surface area contributed by atoms with E-state index in [1.807, 2.05) is 35.9 Å². The molecule has 0 saturated carbocycles. The van der Waals surface area contributed by atoms with Crippen molar-refractivity contribution in [2.24, 2.45) is 0 Å². The minimum atomic E-state index is -0.409. The Bertz CT molecular complexity index is 534. The Morgan fingerprint density at radius 2 is 1.95 bits per heavy atom. The number of aliphatic hydroxyl groups excluding tert-OH is 1. The van der Waals surface area contributed by atoms with Gasteiger partial charge in [-0.1, -0.05) is 19.1 Å². The van der Waals surface area contributed by atoms with Crippen molar-refractivity contribution in [2.45, 2.75) is 45.9 Å². The summed E-state index contributed by atoms with van der Waals surface area (Å²) in [5.41, 5.74) is 0.908. The molecule has 0 aliphatic heterocycles. The Kier molecular flexibility index (Phi) is 4.74. The zero-order valence-corrected chi connectivity index (χ0v) is 12.2. The van der Waals surface area contributed by atoms with E-state index in [2.05, 4.69) is 23.9 Å². The molecule has 0 spiro atoms. The molecule has 0 aliphatic carbocycles. The molecule has 0 amide bonds. The highest BCUT2D eigenvalue weighted by atomic mass is 16.5. The van der Waals surface area contributed by atoms with Gasteiger partial charge in [0.05, 0.1) is 6.10 Å². The molecular formula is C15H21N3O2. The van der Waals surface area contributed by atoms with Gasteiger partial charge in [-0.3, -0.25) is 0 Å². The van der Waals surface area contributed by atoms with Crippen LogP contribution >= 0.6 is 0 Å². The lowest BCUT2D eigenvalue weighted by atomic mass is 10.1. The number of aliphatic hydroxyl groups is 1. The molecule has 1 atom stereocenters. The van der Waals surface area contributed by atoms with Crippen LogP contribution in [0.25, 0.3) is 0 Å². The van der Waals surface area contributed by atoms with Crippen molar-refractivity contribution in [3.8, 4) is 5.75 Å². The summed E-state index contributed by atoms with van der Waals surface area (Å²) in [4.78, 5) is 4.20. The van der Waals surface area contributed by atoms with Crippen LogP contribution in [-0.4, -0.2) is 19.9 Å². The lowest BCUT2D eigenvalue weighted by Crippen LogP contribution is -2.10. The van der Waals surface area contributed by atoms with E-state index >= 15 is 0 Å². The minimum Gasteiger partial charge on any atom is -0.486 e. The van der Waals surface area contributed by atoms with Crippen LogP contribution in [0.5, 0.6) is 5.75 Å². The van der Waals surface area contributed by atoms with E-state index in [1.165, 1.54) is 0 Å². The first-order valence-electron chi connectivity index (χ1n) is 6.91. The topological polar surface area (TPSA) is 60.2 Å². The third kappa shape index (κ3) is 3.36. The third-order valence-corrected chi connectivity index (χ3v) is 3.16. The number of rotatable bonds is 6. The molecule has 0 unspecified atom stereocenters. The highest BCUT2D eigenvalue weighted by Gasteiger charge is 2.09. The predicted octanol–water partition coefficient (Wildman–Crippen LogP) is 2.88. The molecular weight excluding hydrogens is 254 g/mol. The Labute approximate surface area is 119 Å². The highest BCUT2D eigenvalue weighted by molar-refractivity contribution is 5.28. The molecule has 2 aromatic rings. The van der Waals surface area contributed by atoms with Gasteiger partial charge in [0.25, 0.3) is 0 Å². The Morgan fingerprint density at radius 1 is 1.25 bits per heavy atom. The van der Waals surface area contributed by atoms with Crippen molar-refractivity contribution in [2.75, 3.05) is 0 Å². The van der Waals surface area contributed by atoms with Gasteiger partial charge in [0, 0.05) is 6.04 Å². The van der Waals surface area contributed by atoms with Gasteiger partial charge < -0.3 is 9.84 Å². The molecule has 5 heteroatoms. The summed E-state index contributed by atoms with van der Waals surface area (Å²) in [6.45, 7) is 6.44. The van der Waals surface area contributed by atoms with Gasteiger partial charge in [0.15, 0.2) is 5.82 Å². The van der Waals surface area contributed by atoms with E-state index in [1.54, 1.807) is 6.33 Å². The van der Waals surface area contributed by atoms with E-state index < -0.39 is 6.10 Å². The van der Waals surface area contributed by atoms with Gasteiger partial charge in [0.2, 0.25) is 0 Å². The van der Waals surface area contributed by atoms with Gasteiger partial charge in [-0.15, -0.1) is 0 Å². The van der Waals surface area contributed by atoms with E-state index in [-0.39, 0.29) is 6.04 Å². The fourth-order valence-corrected chi connectivity index (χ4v) is 1.98. The van der Waals surface area contributed by atoms with E-state index in [9.17, 15) is 5.11 Å². The summed E-state index contributed by atoms with van der Waals surface area (Å²) in [7, 11) is 0. The molecule has 108 valence electrons. The standard InChI is InChI=1S/C15H21N3O2/c1-4-14(19)12-5-7-13(8-6-12)20-9-15-16-10-17-18(15)11(2)3/h5-8,10-11,14,19H,4,9H2,1-3H3/t14-/m0/s1. The monoisotopic (exact) mass is 275 g/mol. The maximum absolute atomic E-state index is 9.74. The Morgan fingerprint density at radius 3 is 2.55 bits per heavy atom. The molecule has 5 nitrogen and oxygen atoms in total. The zero-order valence-electron chi connectivity index (χ0n) is 12.2. The largest absolute Gasteiger partial charge is 0.486 e. The SMILES string of the molecule is CC[C@H](O)c1ccc(OCc2ncnn2C(C)C)cc1. The second-order valence-corrected chi connectivity index (χ2v) is 5.00. The minimum absolute atomic E-state index is 0.262.